The summed E-state index contributed by atoms with van der Waals surface area (Å²) in [5.41, 5.74) is 9.02. The first kappa shape index (κ1) is 86.1. The molecule has 6 aromatic carbocycles. The largest absolute Gasteiger partial charge is 0.352 e. The van der Waals surface area contributed by atoms with Crippen molar-refractivity contribution in [3.63, 3.8) is 0 Å². The SMILES string of the molecule is CCCCCCCCCCCCCCNC(=O)c1ccc(-c2nc(-c3ccc(C(=O)NCCCCCCCCCCCCCC)cc3)c3ccc4c(-c5ccc(C(=O)NCCCCCCCCCCCCCC)cc5)nc(-c5ccc(C(=O)NCCCCCCCCCCCCCC)cc5)c5ccc2c3c54)cc1. The lowest BCUT2D eigenvalue weighted by Crippen LogP contribution is -2.24. The van der Waals surface area contributed by atoms with E-state index in [0.29, 0.717) is 48.4 Å². The van der Waals surface area contributed by atoms with Gasteiger partial charge in [-0.1, -0.05) is 383 Å². The van der Waals surface area contributed by atoms with E-state index in [0.717, 1.165) is 129 Å². The molecule has 0 bridgehead atoms. The molecule has 586 valence electrons. The fourth-order valence-corrected chi connectivity index (χ4v) is 15.8. The number of carbonyl (C=O) groups is 4. The summed E-state index contributed by atoms with van der Waals surface area (Å²) in [6, 6.07) is 40.2. The van der Waals surface area contributed by atoms with Gasteiger partial charge in [0, 0.05) is 103 Å². The minimum absolute atomic E-state index is 0.0774. The first-order chi connectivity index (χ1) is 53.2. The van der Waals surface area contributed by atoms with Crippen LogP contribution < -0.4 is 21.3 Å². The minimum atomic E-state index is -0.0774. The van der Waals surface area contributed by atoms with Crippen LogP contribution in [0, 0.1) is 0 Å². The number of hydrogen-bond acceptors (Lipinski definition) is 6. The average molecular weight is 1470 g/mol. The van der Waals surface area contributed by atoms with Crippen LogP contribution in [-0.4, -0.2) is 59.8 Å². The molecule has 0 saturated carbocycles. The summed E-state index contributed by atoms with van der Waals surface area (Å²) in [5.74, 6) is -0.310. The highest BCUT2D eigenvalue weighted by Crippen LogP contribution is 2.47. The standard InChI is InChI=1S/C98H140N6O4/c1-5-9-13-17-21-25-29-33-37-41-45-49-73-99-95(105)81-61-53-77(54-62-81)91-85-69-70-87-90-88(72-71-86(89(85)90)92(103-91)78-55-63-82(64-56-78)96(106)100-74-50-46-42-38-34-30-26-22-18-14-10-6-2)94(80-59-67-84(68-60-80)98(108)102-76-52-48-44-40-36-32-28-24-20-16-12-8-4)104-93(87)79-57-65-83(66-58-79)97(107)101-75-51-47-43-39-35-31-27-23-19-15-11-7-3/h53-72H,5-52,73-76H2,1-4H3,(H,99,105)(H,100,106)(H,101,107)(H,102,108). The Kier molecular flexibility index (Phi) is 41.3. The van der Waals surface area contributed by atoms with E-state index in [1.807, 2.05) is 97.1 Å². The van der Waals surface area contributed by atoms with Crippen LogP contribution in [0.4, 0.5) is 0 Å². The molecule has 8 aromatic rings. The normalized spacial score (nSPS) is 11.6. The van der Waals surface area contributed by atoms with Crippen molar-refractivity contribution in [1.29, 1.82) is 0 Å². The predicted molar refractivity (Wildman–Crippen MR) is 461 cm³/mol. The second-order valence-corrected chi connectivity index (χ2v) is 31.6. The third-order valence-electron chi connectivity index (χ3n) is 22.6. The summed E-state index contributed by atoms with van der Waals surface area (Å²) in [5, 5.41) is 18.7. The highest BCUT2D eigenvalue weighted by molar-refractivity contribution is 6.30. The molecule has 4 amide bonds. The highest BCUT2D eigenvalue weighted by atomic mass is 16.2. The first-order valence-corrected chi connectivity index (χ1v) is 44.3. The number of rotatable bonds is 60. The van der Waals surface area contributed by atoms with Crippen molar-refractivity contribution >= 4 is 55.9 Å². The zero-order valence-electron chi connectivity index (χ0n) is 67.8. The van der Waals surface area contributed by atoms with Gasteiger partial charge in [0.15, 0.2) is 0 Å². The maximum atomic E-state index is 13.8. The Labute approximate surface area is 653 Å². The molecule has 0 aliphatic carbocycles. The van der Waals surface area contributed by atoms with E-state index in [-0.39, 0.29) is 23.6 Å². The smallest absolute Gasteiger partial charge is 0.251 e. The zero-order valence-corrected chi connectivity index (χ0v) is 67.8. The number of nitrogens with zero attached hydrogens (tertiary/aromatic N) is 2. The van der Waals surface area contributed by atoms with E-state index in [1.165, 1.54) is 257 Å². The van der Waals surface area contributed by atoms with Crippen molar-refractivity contribution in [3.8, 4) is 45.0 Å². The van der Waals surface area contributed by atoms with Gasteiger partial charge in [0.1, 0.15) is 0 Å². The summed E-state index contributed by atoms with van der Waals surface area (Å²) in [6.45, 7) is 11.7. The second kappa shape index (κ2) is 51.8. The Morgan fingerprint density at radius 3 is 0.509 bits per heavy atom. The third-order valence-corrected chi connectivity index (χ3v) is 22.6. The lowest BCUT2D eigenvalue weighted by Gasteiger charge is -2.20. The molecule has 0 radical (unpaired) electrons. The van der Waals surface area contributed by atoms with Gasteiger partial charge in [0.2, 0.25) is 0 Å². The summed E-state index contributed by atoms with van der Waals surface area (Å²) in [7, 11) is 0. The van der Waals surface area contributed by atoms with E-state index < -0.39 is 0 Å². The molecule has 108 heavy (non-hydrogen) atoms. The van der Waals surface area contributed by atoms with Crippen LogP contribution in [-0.2, 0) is 0 Å². The molecule has 0 spiro atoms. The van der Waals surface area contributed by atoms with Crippen molar-refractivity contribution in [2.24, 2.45) is 0 Å². The average Bonchev–Trinajstić information content (AvgIpc) is 0.708. The van der Waals surface area contributed by atoms with E-state index in [2.05, 4.69) is 73.2 Å². The molecule has 0 saturated heterocycles. The summed E-state index contributed by atoms with van der Waals surface area (Å²) < 4.78 is 0. The molecular weight excluding hydrogens is 1330 g/mol. The number of unbranched alkanes of at least 4 members (excludes halogenated alkanes) is 44. The molecule has 2 aromatic heterocycles. The topological polar surface area (TPSA) is 142 Å². The molecule has 0 unspecified atom stereocenters. The van der Waals surface area contributed by atoms with E-state index in [9.17, 15) is 19.2 Å². The fourth-order valence-electron chi connectivity index (χ4n) is 15.8. The van der Waals surface area contributed by atoms with Crippen LogP contribution in [0.15, 0.2) is 121 Å². The van der Waals surface area contributed by atoms with Gasteiger partial charge in [-0.05, 0) is 74.2 Å². The molecule has 8 rings (SSSR count). The fraction of sp³-hybridized carbons (Fsp3) is 0.571. The van der Waals surface area contributed by atoms with Gasteiger partial charge in [-0.15, -0.1) is 0 Å². The van der Waals surface area contributed by atoms with Gasteiger partial charge in [0.05, 0.1) is 22.8 Å². The molecule has 0 aliphatic rings. The Bertz CT molecular complexity index is 3320. The Balaban J connectivity index is 1.05. The van der Waals surface area contributed by atoms with Crippen LogP contribution in [0.25, 0.3) is 77.3 Å². The molecular formula is C98H140N6O4. The van der Waals surface area contributed by atoms with Gasteiger partial charge in [0.25, 0.3) is 23.6 Å². The molecule has 4 N–H and O–H groups in total. The number of aromatic nitrogens is 2. The van der Waals surface area contributed by atoms with Crippen LogP contribution in [0.3, 0.4) is 0 Å². The zero-order chi connectivity index (χ0) is 75.9. The maximum Gasteiger partial charge on any atom is 0.251 e. The number of carbonyl (C=O) groups excluding carboxylic acids is 4. The van der Waals surface area contributed by atoms with Crippen LogP contribution in [0.1, 0.15) is 377 Å². The Morgan fingerprint density at radius 1 is 0.204 bits per heavy atom. The monoisotopic (exact) mass is 1470 g/mol. The molecule has 0 aliphatic heterocycles. The van der Waals surface area contributed by atoms with Crippen molar-refractivity contribution in [1.82, 2.24) is 31.2 Å². The number of amides is 4. The first-order valence-electron chi connectivity index (χ1n) is 44.3. The van der Waals surface area contributed by atoms with Crippen molar-refractivity contribution in [3.05, 3.63) is 144 Å². The maximum absolute atomic E-state index is 13.8. The van der Waals surface area contributed by atoms with Crippen molar-refractivity contribution in [2.75, 3.05) is 26.2 Å². The van der Waals surface area contributed by atoms with Gasteiger partial charge in [-0.25, -0.2) is 9.97 Å². The molecule has 0 fully saturated rings. The van der Waals surface area contributed by atoms with Crippen molar-refractivity contribution < 1.29 is 19.2 Å². The minimum Gasteiger partial charge on any atom is -0.352 e. The third kappa shape index (κ3) is 29.4. The Hall–Kier alpha value is -7.46. The van der Waals surface area contributed by atoms with Crippen LogP contribution >= 0.6 is 0 Å². The lowest BCUT2D eigenvalue weighted by atomic mass is 9.87. The summed E-state index contributed by atoms with van der Waals surface area (Å²) in [6.07, 6.45) is 61.0. The lowest BCUT2D eigenvalue weighted by molar-refractivity contribution is 0.0944. The molecule has 2 heterocycles. The molecule has 10 heteroatoms. The second-order valence-electron chi connectivity index (χ2n) is 31.6. The van der Waals surface area contributed by atoms with Crippen LogP contribution in [0.2, 0.25) is 0 Å². The number of benzene rings is 6. The highest BCUT2D eigenvalue weighted by Gasteiger charge is 2.24. The van der Waals surface area contributed by atoms with Gasteiger partial charge in [-0.2, -0.15) is 0 Å². The summed E-state index contributed by atoms with van der Waals surface area (Å²) >= 11 is 0. The number of pyridine rings is 2. The van der Waals surface area contributed by atoms with Gasteiger partial charge >= 0.3 is 0 Å². The summed E-state index contributed by atoms with van der Waals surface area (Å²) in [4.78, 5) is 66.3. The quantitative estimate of drug-likeness (QED) is 0.0221. The van der Waals surface area contributed by atoms with Gasteiger partial charge < -0.3 is 21.3 Å². The number of nitrogens with one attached hydrogen (secondary N) is 4. The molecule has 0 atom stereocenters. The predicted octanol–water partition coefficient (Wildman–Crippen LogP) is 27.8. The van der Waals surface area contributed by atoms with Crippen LogP contribution in [0.5, 0.6) is 0 Å². The Morgan fingerprint density at radius 2 is 0.352 bits per heavy atom. The van der Waals surface area contributed by atoms with Crippen molar-refractivity contribution in [2.45, 2.75) is 336 Å². The van der Waals surface area contributed by atoms with Gasteiger partial charge in [-0.3, -0.25) is 19.2 Å². The van der Waals surface area contributed by atoms with E-state index in [4.69, 9.17) is 9.97 Å². The molecule has 10 nitrogen and oxygen atoms in total. The van der Waals surface area contributed by atoms with E-state index in [1.54, 1.807) is 0 Å². The number of hydrogen-bond donors (Lipinski definition) is 4. The van der Waals surface area contributed by atoms with E-state index >= 15 is 0 Å².